The maximum Gasteiger partial charge on any atom is 0.332 e. The Hall–Kier alpha value is 0.900. The summed E-state index contributed by atoms with van der Waals surface area (Å²) < 4.78 is 0. The molecule has 0 bridgehead atoms. The van der Waals surface area contributed by atoms with Crippen LogP contribution < -0.4 is 0 Å². The molecule has 0 saturated heterocycles. The first-order valence-electron chi connectivity index (χ1n) is 2.66. The van der Waals surface area contributed by atoms with Crippen LogP contribution in [0.4, 0.5) is 0 Å². The molecule has 0 rings (SSSR count). The number of aliphatic hydroxyl groups is 1. The predicted octanol–water partition coefficient (Wildman–Crippen LogP) is -1.46. The van der Waals surface area contributed by atoms with Crippen molar-refractivity contribution in [2.24, 2.45) is 0 Å². The van der Waals surface area contributed by atoms with Gasteiger partial charge in [-0.1, -0.05) is 0 Å². The van der Waals surface area contributed by atoms with Gasteiger partial charge in [0.25, 0.3) is 0 Å². The third-order valence-corrected chi connectivity index (χ3v) is 0.917. The number of hydrogen-bond donors (Lipinski definition) is 3. The summed E-state index contributed by atoms with van der Waals surface area (Å²) in [6, 6.07) is 0. The number of aliphatic hydroxyl groups excluding tert-OH is 1. The molecule has 0 saturated carbocycles. The van der Waals surface area contributed by atoms with Crippen LogP contribution in [0.1, 0.15) is 12.8 Å². The number of rotatable bonds is 4. The fraction of sp³-hybridized carbons (Fsp3) is 0.600. The molecule has 2 radical (unpaired) electrons. The van der Waals surface area contributed by atoms with Gasteiger partial charge in [0, 0.05) is 65.5 Å². The molecule has 0 spiro atoms. The Labute approximate surface area is 114 Å². The quantitative estimate of drug-likeness (QED) is 0.475. The first-order chi connectivity index (χ1) is 4.54. The second-order valence-corrected chi connectivity index (χ2v) is 1.79. The van der Waals surface area contributed by atoms with Crippen LogP contribution in [0.2, 0.25) is 0 Å². The van der Waals surface area contributed by atoms with Crippen molar-refractivity contribution in [3.05, 3.63) is 0 Å². The molecule has 0 aliphatic rings. The molecule has 1 unspecified atom stereocenters. The Bertz CT molecular complexity index is 149. The molecular formula is C5H8Na2O5. The van der Waals surface area contributed by atoms with Gasteiger partial charge in [-0.2, -0.15) is 0 Å². The maximum atomic E-state index is 9.87. The normalized spacial score (nSPS) is 10.4. The molecule has 0 aromatic rings. The molecule has 60 valence electrons. The summed E-state index contributed by atoms with van der Waals surface area (Å²) in [5.41, 5.74) is 0. The van der Waals surface area contributed by atoms with Crippen molar-refractivity contribution in [1.29, 1.82) is 0 Å². The van der Waals surface area contributed by atoms with Gasteiger partial charge < -0.3 is 15.3 Å². The van der Waals surface area contributed by atoms with Crippen molar-refractivity contribution < 1.29 is 24.9 Å². The first-order valence-corrected chi connectivity index (χ1v) is 2.66. The topological polar surface area (TPSA) is 94.8 Å². The third-order valence-electron chi connectivity index (χ3n) is 0.917. The summed E-state index contributed by atoms with van der Waals surface area (Å²) in [5, 5.41) is 24.6. The Morgan fingerprint density at radius 2 is 1.58 bits per heavy atom. The van der Waals surface area contributed by atoms with Crippen LogP contribution in [0.25, 0.3) is 0 Å². The van der Waals surface area contributed by atoms with Crippen LogP contribution in [-0.4, -0.2) is 92.5 Å². The fourth-order valence-electron chi connectivity index (χ4n) is 0.384. The molecule has 0 heterocycles. The summed E-state index contributed by atoms with van der Waals surface area (Å²) >= 11 is 0. The van der Waals surface area contributed by atoms with E-state index in [1.807, 2.05) is 0 Å². The molecule has 5 nitrogen and oxygen atoms in total. The minimum atomic E-state index is -1.56. The van der Waals surface area contributed by atoms with Crippen LogP contribution in [0.3, 0.4) is 0 Å². The van der Waals surface area contributed by atoms with Crippen LogP contribution in [0.15, 0.2) is 0 Å². The standard InChI is InChI=1S/C5H8O5.2Na/c6-3(5(9)10)1-2-4(7)8;;/h3,6H,1-2H2,(H,7,8)(H,9,10);;. The van der Waals surface area contributed by atoms with Crippen molar-refractivity contribution in [1.82, 2.24) is 0 Å². The third kappa shape index (κ3) is 10.9. The molecule has 12 heavy (non-hydrogen) atoms. The Morgan fingerprint density at radius 1 is 1.17 bits per heavy atom. The van der Waals surface area contributed by atoms with Crippen molar-refractivity contribution in [3.8, 4) is 0 Å². The van der Waals surface area contributed by atoms with E-state index < -0.39 is 18.0 Å². The van der Waals surface area contributed by atoms with E-state index in [9.17, 15) is 9.59 Å². The first kappa shape index (κ1) is 18.6. The second kappa shape index (κ2) is 9.98. The van der Waals surface area contributed by atoms with E-state index in [-0.39, 0.29) is 72.0 Å². The van der Waals surface area contributed by atoms with Crippen LogP contribution >= 0.6 is 0 Å². The zero-order valence-electron chi connectivity index (χ0n) is 7.15. The van der Waals surface area contributed by atoms with Crippen molar-refractivity contribution in [2.75, 3.05) is 0 Å². The SMILES string of the molecule is O=C(O)CCC(O)C(=O)O.[Na].[Na]. The molecule has 0 aliphatic carbocycles. The van der Waals surface area contributed by atoms with E-state index in [2.05, 4.69) is 0 Å². The zero-order valence-corrected chi connectivity index (χ0v) is 11.1. The van der Waals surface area contributed by atoms with Gasteiger partial charge in [-0.25, -0.2) is 4.79 Å². The summed E-state index contributed by atoms with van der Waals surface area (Å²) in [6.07, 6.45) is -2.13. The second-order valence-electron chi connectivity index (χ2n) is 1.79. The zero-order chi connectivity index (χ0) is 8.15. The molecular weight excluding hydrogens is 186 g/mol. The smallest absolute Gasteiger partial charge is 0.332 e. The fourth-order valence-corrected chi connectivity index (χ4v) is 0.384. The Morgan fingerprint density at radius 3 is 1.83 bits per heavy atom. The average molecular weight is 194 g/mol. The van der Waals surface area contributed by atoms with Gasteiger partial charge in [-0.15, -0.1) is 0 Å². The molecule has 0 amide bonds. The maximum absolute atomic E-state index is 9.87. The number of carboxylic acids is 2. The molecule has 0 aliphatic heterocycles. The van der Waals surface area contributed by atoms with Gasteiger partial charge in [-0.05, 0) is 6.42 Å². The van der Waals surface area contributed by atoms with Crippen molar-refractivity contribution in [3.63, 3.8) is 0 Å². The Balaban J connectivity index is -0.000000405. The van der Waals surface area contributed by atoms with Gasteiger partial charge in [0.05, 0.1) is 0 Å². The van der Waals surface area contributed by atoms with Gasteiger partial charge in [-0.3, -0.25) is 4.79 Å². The summed E-state index contributed by atoms with van der Waals surface area (Å²) in [7, 11) is 0. The van der Waals surface area contributed by atoms with E-state index in [0.717, 1.165) is 0 Å². The van der Waals surface area contributed by atoms with Crippen molar-refractivity contribution in [2.45, 2.75) is 18.9 Å². The van der Waals surface area contributed by atoms with E-state index in [4.69, 9.17) is 15.3 Å². The molecule has 0 aromatic heterocycles. The molecule has 0 aromatic carbocycles. The van der Waals surface area contributed by atoms with Gasteiger partial charge in [0.1, 0.15) is 0 Å². The van der Waals surface area contributed by atoms with Crippen LogP contribution in [0.5, 0.6) is 0 Å². The number of hydrogen-bond acceptors (Lipinski definition) is 3. The monoisotopic (exact) mass is 194 g/mol. The molecule has 7 heteroatoms. The minimum Gasteiger partial charge on any atom is -0.481 e. The summed E-state index contributed by atoms with van der Waals surface area (Å²) in [6.45, 7) is 0. The minimum absolute atomic E-state index is 0. The summed E-state index contributed by atoms with van der Waals surface area (Å²) in [4.78, 5) is 19.7. The van der Waals surface area contributed by atoms with E-state index in [0.29, 0.717) is 0 Å². The van der Waals surface area contributed by atoms with E-state index >= 15 is 0 Å². The molecule has 1 atom stereocenters. The van der Waals surface area contributed by atoms with Crippen molar-refractivity contribution >= 4 is 71.1 Å². The number of carboxylic acid groups (broad SMARTS) is 2. The summed E-state index contributed by atoms with van der Waals surface area (Å²) in [5.74, 6) is -2.50. The van der Waals surface area contributed by atoms with E-state index in [1.165, 1.54) is 0 Å². The average Bonchev–Trinajstić information content (AvgIpc) is 1.82. The Kier molecular flexibility index (Phi) is 15.5. The molecule has 0 fully saturated rings. The van der Waals surface area contributed by atoms with Gasteiger partial charge in [0.2, 0.25) is 0 Å². The largest absolute Gasteiger partial charge is 0.481 e. The molecule has 3 N–H and O–H groups in total. The van der Waals surface area contributed by atoms with Crippen LogP contribution in [0, 0.1) is 0 Å². The predicted molar refractivity (Wildman–Crippen MR) is 42.0 cm³/mol. The van der Waals surface area contributed by atoms with Gasteiger partial charge >= 0.3 is 11.9 Å². The van der Waals surface area contributed by atoms with Gasteiger partial charge in [0.15, 0.2) is 6.10 Å². The van der Waals surface area contributed by atoms with E-state index in [1.54, 1.807) is 0 Å². The number of carbonyl (C=O) groups is 2. The van der Waals surface area contributed by atoms with Crippen LogP contribution in [-0.2, 0) is 9.59 Å². The number of aliphatic carboxylic acids is 2.